The summed E-state index contributed by atoms with van der Waals surface area (Å²) in [4.78, 5) is 56.2. The number of thioether (sulfide) groups is 1. The summed E-state index contributed by atoms with van der Waals surface area (Å²) in [6.07, 6.45) is 0.375. The van der Waals surface area contributed by atoms with Gasteiger partial charge >= 0.3 is 29.6 Å². The maximum atomic E-state index is 13.0. The van der Waals surface area contributed by atoms with Crippen molar-refractivity contribution in [3.05, 3.63) is 16.9 Å². The van der Waals surface area contributed by atoms with Crippen molar-refractivity contribution in [3.8, 4) is 0 Å². The van der Waals surface area contributed by atoms with Gasteiger partial charge in [-0.1, -0.05) is 10.4 Å². The first-order valence-electron chi connectivity index (χ1n) is 9.66. The number of β-lactam (4-membered cyclic amide) rings is 1. The summed E-state index contributed by atoms with van der Waals surface area (Å²) >= 11 is 1.83. The fourth-order valence-corrected chi connectivity index (χ4v) is 5.63. The molecule has 3 heterocycles. The van der Waals surface area contributed by atoms with Crippen LogP contribution < -0.4 is 45.5 Å². The maximum absolute atomic E-state index is 13.0. The van der Waals surface area contributed by atoms with Crippen LogP contribution in [-0.4, -0.2) is 96.4 Å². The summed E-state index contributed by atoms with van der Waals surface area (Å²) in [6, 6.07) is -1.41. The van der Waals surface area contributed by atoms with Gasteiger partial charge in [-0.2, -0.15) is 5.21 Å². The van der Waals surface area contributed by atoms with Crippen molar-refractivity contribution >= 4 is 68.4 Å². The van der Waals surface area contributed by atoms with Crippen LogP contribution in [0, 0.1) is 0 Å². The fourth-order valence-electron chi connectivity index (χ4n) is 2.69. The zero-order valence-corrected chi connectivity index (χ0v) is 23.6. The molecular weight excluding hydrogens is 567 g/mol. The van der Waals surface area contributed by atoms with E-state index in [0.29, 0.717) is 6.41 Å². The second-order valence-corrected chi connectivity index (χ2v) is 9.96. The molecule has 22 heteroatoms. The number of aromatic nitrogens is 5. The number of carbonyl (C=O) groups excluding carboxylic acids is 4. The molecule has 4 amide bonds. The molecular formula is C15H17N10NaO8S3. The van der Waals surface area contributed by atoms with E-state index in [4.69, 9.17) is 4.84 Å². The van der Waals surface area contributed by atoms with E-state index in [9.17, 15) is 32.1 Å². The largest absolute Gasteiger partial charge is 1.00 e. The first-order chi connectivity index (χ1) is 17.1. The van der Waals surface area contributed by atoms with Crippen LogP contribution in [0.25, 0.3) is 0 Å². The number of H-pyrrole nitrogens is 1. The van der Waals surface area contributed by atoms with Gasteiger partial charge in [0.1, 0.15) is 17.1 Å². The normalized spacial score (nSPS) is 17.3. The molecule has 0 radical (unpaired) electrons. The van der Waals surface area contributed by atoms with E-state index in [2.05, 4.69) is 46.7 Å². The molecule has 1 saturated heterocycles. The Bertz CT molecular complexity index is 1250. The van der Waals surface area contributed by atoms with E-state index < -0.39 is 39.2 Å². The topological polar surface area (TPSA) is 254 Å². The SMILES string of the molecule is CC(=O)NCCS[C@@H]1[C@H](NC(=O)C(=NOCc2nn[nH]n2)c2csc(NC=O)n2)C(=O)N1S(=O)(=O)[O-].[Na+]. The Labute approximate surface area is 238 Å². The van der Waals surface area contributed by atoms with Gasteiger partial charge in [0.25, 0.3) is 11.8 Å². The third-order valence-electron chi connectivity index (χ3n) is 4.17. The van der Waals surface area contributed by atoms with E-state index in [1.165, 1.54) is 12.3 Å². The van der Waals surface area contributed by atoms with Crippen LogP contribution in [0.5, 0.6) is 0 Å². The predicted octanol–water partition coefficient (Wildman–Crippen LogP) is -5.87. The third kappa shape index (κ3) is 8.15. The molecule has 1 aliphatic rings. The van der Waals surface area contributed by atoms with Crippen LogP contribution in [0.15, 0.2) is 10.5 Å². The summed E-state index contributed by atoms with van der Waals surface area (Å²) in [5.74, 6) is -2.21. The van der Waals surface area contributed by atoms with Crippen LogP contribution in [-0.2, 0) is 40.9 Å². The van der Waals surface area contributed by atoms with E-state index in [-0.39, 0.29) is 75.3 Å². The molecule has 4 N–H and O–H groups in total. The van der Waals surface area contributed by atoms with Gasteiger partial charge in [-0.15, -0.1) is 33.3 Å². The Morgan fingerprint density at radius 2 is 2.19 bits per heavy atom. The second kappa shape index (κ2) is 13.7. The average molecular weight is 585 g/mol. The number of thiazole rings is 1. The number of rotatable bonds is 13. The number of nitrogens with zero attached hydrogens (tertiary/aromatic N) is 6. The van der Waals surface area contributed by atoms with E-state index in [1.807, 2.05) is 0 Å². The minimum Gasteiger partial charge on any atom is -0.731 e. The van der Waals surface area contributed by atoms with Crippen LogP contribution in [0.2, 0.25) is 0 Å². The Morgan fingerprint density at radius 1 is 1.43 bits per heavy atom. The summed E-state index contributed by atoms with van der Waals surface area (Å²) in [5.41, 5.74) is -0.461. The number of hydrogen-bond acceptors (Lipinski definition) is 15. The van der Waals surface area contributed by atoms with Crippen LogP contribution in [0.3, 0.4) is 0 Å². The molecule has 1 aliphatic heterocycles. The molecule has 18 nitrogen and oxygen atoms in total. The van der Waals surface area contributed by atoms with E-state index in [0.717, 1.165) is 23.1 Å². The van der Waals surface area contributed by atoms with Gasteiger partial charge in [0.2, 0.25) is 18.1 Å². The Kier molecular flexibility index (Phi) is 11.3. The maximum Gasteiger partial charge on any atom is 1.00 e. The van der Waals surface area contributed by atoms with Crippen molar-refractivity contribution in [2.75, 3.05) is 17.6 Å². The van der Waals surface area contributed by atoms with Crippen LogP contribution >= 0.6 is 23.1 Å². The molecule has 2 aromatic heterocycles. The van der Waals surface area contributed by atoms with Gasteiger partial charge in [-0.25, -0.2) is 17.7 Å². The van der Waals surface area contributed by atoms with E-state index in [1.54, 1.807) is 0 Å². The van der Waals surface area contributed by atoms with Crippen molar-refractivity contribution in [3.63, 3.8) is 0 Å². The Hall–Kier alpha value is -2.69. The molecule has 0 aromatic carbocycles. The molecule has 1 fully saturated rings. The van der Waals surface area contributed by atoms with Crippen molar-refractivity contribution in [1.82, 2.24) is 40.5 Å². The van der Waals surface area contributed by atoms with Gasteiger partial charge in [0.05, 0.1) is 0 Å². The number of nitrogens with one attached hydrogen (secondary N) is 4. The van der Waals surface area contributed by atoms with Crippen LogP contribution in [0.1, 0.15) is 18.4 Å². The molecule has 0 saturated carbocycles. The summed E-state index contributed by atoms with van der Waals surface area (Å²) in [6.45, 7) is 1.12. The van der Waals surface area contributed by atoms with Crippen molar-refractivity contribution in [2.45, 2.75) is 24.9 Å². The van der Waals surface area contributed by atoms with Crippen molar-refractivity contribution in [1.29, 1.82) is 0 Å². The van der Waals surface area contributed by atoms with Gasteiger partial charge in [-0.05, 0) is 0 Å². The Balaban J connectivity index is 0.00000481. The molecule has 37 heavy (non-hydrogen) atoms. The number of oxime groups is 1. The zero-order valence-electron chi connectivity index (χ0n) is 19.1. The molecule has 0 bridgehead atoms. The smallest absolute Gasteiger partial charge is 0.731 e. The summed E-state index contributed by atoms with van der Waals surface area (Å²) < 4.78 is 34.7. The molecule has 0 aliphatic carbocycles. The second-order valence-electron chi connectivity index (χ2n) is 6.63. The van der Waals surface area contributed by atoms with Gasteiger partial charge in [0.15, 0.2) is 27.8 Å². The first kappa shape index (κ1) is 30.5. The number of carbonyl (C=O) groups is 4. The number of tetrazole rings is 1. The number of amides is 4. The summed E-state index contributed by atoms with van der Waals surface area (Å²) in [5, 5.41) is 23.9. The van der Waals surface area contributed by atoms with Crippen molar-refractivity contribution in [2.24, 2.45) is 5.16 Å². The number of anilines is 1. The van der Waals surface area contributed by atoms with Crippen LogP contribution in [0.4, 0.5) is 5.13 Å². The minimum absolute atomic E-state index is 0. The third-order valence-corrected chi connectivity index (χ3v) is 7.23. The van der Waals surface area contributed by atoms with Gasteiger partial charge < -0.3 is 25.3 Å². The van der Waals surface area contributed by atoms with Gasteiger partial charge in [-0.3, -0.25) is 19.2 Å². The molecule has 3 rings (SSSR count). The van der Waals surface area contributed by atoms with Crippen molar-refractivity contribution < 1.29 is 66.5 Å². The quantitative estimate of drug-likeness (QED) is 0.0326. The minimum atomic E-state index is -5.16. The average Bonchev–Trinajstić information content (AvgIpc) is 3.48. The fraction of sp³-hybridized carbons (Fsp3) is 0.400. The Morgan fingerprint density at radius 3 is 2.81 bits per heavy atom. The summed E-state index contributed by atoms with van der Waals surface area (Å²) in [7, 11) is -5.16. The first-order valence-corrected chi connectivity index (χ1v) is 13.0. The molecule has 2 atom stereocenters. The molecule has 2 aromatic rings. The number of aromatic amines is 1. The van der Waals surface area contributed by atoms with E-state index >= 15 is 0 Å². The predicted molar refractivity (Wildman–Crippen MR) is 121 cm³/mol. The molecule has 0 unspecified atom stereocenters. The molecule has 194 valence electrons. The zero-order chi connectivity index (χ0) is 26.3. The standard InChI is InChI=1S/C15H18N10O8S3.Na/c1-7(27)16-2-3-34-14-11(13(29)25(14)36(30,31)32)19-12(28)10(8-5-35-15(18-8)17-6-26)22-33-4-9-20-23-24-21-9;/h5-6,11,14H,2-4H2,1H3,(H,16,27)(H,19,28)(H,17,18,26)(H,30,31,32)(H,20,21,23,24);/q;+1/p-1/t11-,14-;/m1./s1. The number of hydrogen-bond donors (Lipinski definition) is 4. The molecule has 0 spiro atoms. The monoisotopic (exact) mass is 584 g/mol. The van der Waals surface area contributed by atoms with Gasteiger partial charge in [0, 0.05) is 24.6 Å².